The predicted molar refractivity (Wildman–Crippen MR) is 93.9 cm³/mol. The molecule has 1 heterocycles. The molecule has 0 amide bonds. The van der Waals surface area contributed by atoms with Crippen LogP contribution in [0.2, 0.25) is 5.02 Å². The molecule has 3 aromatic rings. The van der Waals surface area contributed by atoms with Crippen LogP contribution in [0.15, 0.2) is 41.2 Å². The summed E-state index contributed by atoms with van der Waals surface area (Å²) in [5, 5.41) is 0.417. The first-order valence-corrected chi connectivity index (χ1v) is 7.79. The van der Waals surface area contributed by atoms with Gasteiger partial charge in [0.1, 0.15) is 0 Å². The molecule has 0 radical (unpaired) electrons. The summed E-state index contributed by atoms with van der Waals surface area (Å²) in [5.74, 6) is -0.285. The monoisotopic (exact) mass is 345 g/mol. The Labute approximate surface area is 143 Å². The topological polar surface area (TPSA) is 79.2 Å². The first kappa shape index (κ1) is 16.1. The van der Waals surface area contributed by atoms with E-state index in [1.54, 1.807) is 50.4 Å². The van der Waals surface area contributed by atoms with Crippen molar-refractivity contribution in [1.29, 1.82) is 0 Å². The molecule has 24 heavy (non-hydrogen) atoms. The molecule has 124 valence electrons. The molecule has 0 bridgehead atoms. The summed E-state index contributed by atoms with van der Waals surface area (Å²) in [7, 11) is 1.65. The van der Waals surface area contributed by atoms with Crippen LogP contribution in [-0.2, 0) is 11.8 Å². The van der Waals surface area contributed by atoms with Gasteiger partial charge in [-0.1, -0.05) is 30.7 Å². The first-order chi connectivity index (χ1) is 11.5. The molecular formula is C17H16ClN3O3. The average Bonchev–Trinajstić information content (AvgIpc) is 2.82. The number of esters is 1. The number of nitrogen functional groups attached to an aromatic ring is 1. The quantitative estimate of drug-likeness (QED) is 0.449. The van der Waals surface area contributed by atoms with Gasteiger partial charge in [-0.25, -0.2) is 4.79 Å². The van der Waals surface area contributed by atoms with E-state index in [1.165, 1.54) is 9.13 Å². The highest BCUT2D eigenvalue weighted by atomic mass is 35.5. The van der Waals surface area contributed by atoms with Crippen LogP contribution in [-0.4, -0.2) is 15.1 Å². The Morgan fingerprint density at radius 2 is 1.96 bits per heavy atom. The second-order valence-electron chi connectivity index (χ2n) is 5.31. The number of nitrogens with two attached hydrogens (primary N) is 1. The zero-order valence-electron chi connectivity index (χ0n) is 13.2. The lowest BCUT2D eigenvalue weighted by molar-refractivity contribution is -0.133. The molecule has 0 spiro atoms. The molecule has 7 heteroatoms. The minimum atomic E-state index is -0.437. The number of aromatic nitrogens is 2. The van der Waals surface area contributed by atoms with E-state index in [0.717, 1.165) is 0 Å². The average molecular weight is 346 g/mol. The van der Waals surface area contributed by atoms with Gasteiger partial charge in [0.2, 0.25) is 0 Å². The Balaban J connectivity index is 2.38. The van der Waals surface area contributed by atoms with Crippen molar-refractivity contribution in [3.8, 4) is 11.4 Å². The minimum Gasteiger partial charge on any atom is -0.422 e. The lowest BCUT2D eigenvalue weighted by atomic mass is 10.2. The van der Waals surface area contributed by atoms with Crippen LogP contribution in [0.1, 0.15) is 13.3 Å². The third kappa shape index (κ3) is 2.45. The number of ether oxygens (including phenoxy) is 1. The molecule has 3 rings (SSSR count). The van der Waals surface area contributed by atoms with Crippen molar-refractivity contribution in [2.75, 3.05) is 5.73 Å². The number of aryl methyl sites for hydroxylation is 1. The number of hydrogen-bond donors (Lipinski definition) is 1. The molecule has 1 aromatic heterocycles. The van der Waals surface area contributed by atoms with Crippen molar-refractivity contribution in [2.45, 2.75) is 13.3 Å². The van der Waals surface area contributed by atoms with E-state index in [0.29, 0.717) is 21.7 Å². The van der Waals surface area contributed by atoms with Crippen molar-refractivity contribution >= 4 is 34.3 Å². The van der Waals surface area contributed by atoms with Crippen molar-refractivity contribution in [2.24, 2.45) is 7.05 Å². The van der Waals surface area contributed by atoms with Crippen LogP contribution >= 0.6 is 11.6 Å². The third-order valence-electron chi connectivity index (χ3n) is 3.80. The van der Waals surface area contributed by atoms with Crippen LogP contribution < -0.4 is 16.2 Å². The fourth-order valence-corrected chi connectivity index (χ4v) is 2.84. The molecular weight excluding hydrogens is 330 g/mol. The van der Waals surface area contributed by atoms with E-state index in [2.05, 4.69) is 0 Å². The third-order valence-corrected chi connectivity index (χ3v) is 4.10. The summed E-state index contributed by atoms with van der Waals surface area (Å²) < 4.78 is 8.25. The lowest BCUT2D eigenvalue weighted by Crippen LogP contribution is -2.22. The molecule has 2 N–H and O–H groups in total. The molecule has 0 saturated heterocycles. The number of anilines is 1. The molecule has 2 aromatic carbocycles. The largest absolute Gasteiger partial charge is 0.422 e. The van der Waals surface area contributed by atoms with Crippen molar-refractivity contribution in [1.82, 2.24) is 9.13 Å². The van der Waals surface area contributed by atoms with Gasteiger partial charge in [-0.2, -0.15) is 0 Å². The van der Waals surface area contributed by atoms with Gasteiger partial charge in [0.25, 0.3) is 0 Å². The van der Waals surface area contributed by atoms with Crippen LogP contribution in [0.25, 0.3) is 16.7 Å². The number of imidazole rings is 1. The van der Waals surface area contributed by atoms with Crippen molar-refractivity contribution in [3.05, 3.63) is 51.9 Å². The van der Waals surface area contributed by atoms with Crippen molar-refractivity contribution in [3.63, 3.8) is 0 Å². The van der Waals surface area contributed by atoms with Gasteiger partial charge in [-0.15, -0.1) is 0 Å². The second kappa shape index (κ2) is 6.05. The van der Waals surface area contributed by atoms with Gasteiger partial charge in [-0.3, -0.25) is 13.9 Å². The molecule has 0 aliphatic heterocycles. The highest BCUT2D eigenvalue weighted by Gasteiger charge is 2.20. The Bertz CT molecular complexity index is 1000. The van der Waals surface area contributed by atoms with Gasteiger partial charge >= 0.3 is 11.7 Å². The number of nitrogens with zero attached hydrogens (tertiary/aromatic N) is 2. The second-order valence-corrected chi connectivity index (χ2v) is 5.71. The van der Waals surface area contributed by atoms with E-state index in [4.69, 9.17) is 22.1 Å². The standard InChI is InChI=1S/C17H16ClN3O3/c1-3-14(22)24-16-11(19)7-5-9-13(16)21-15-10(18)6-4-8-12(15)20(2)17(21)23/h4-9H,3,19H2,1-2H3. The maximum absolute atomic E-state index is 12.7. The van der Waals surface area contributed by atoms with Crippen LogP contribution in [0.5, 0.6) is 5.75 Å². The smallest absolute Gasteiger partial charge is 0.333 e. The number of fused-ring (bicyclic) bond motifs is 1. The van der Waals surface area contributed by atoms with E-state index in [9.17, 15) is 9.59 Å². The molecule has 0 aliphatic rings. The van der Waals surface area contributed by atoms with Crippen LogP contribution in [0, 0.1) is 0 Å². The van der Waals surface area contributed by atoms with Crippen LogP contribution in [0.3, 0.4) is 0 Å². The van der Waals surface area contributed by atoms with Crippen molar-refractivity contribution < 1.29 is 9.53 Å². The van der Waals surface area contributed by atoms with Gasteiger partial charge in [0.05, 0.1) is 27.4 Å². The summed E-state index contributed by atoms with van der Waals surface area (Å²) in [6, 6.07) is 10.2. The Kier molecular flexibility index (Phi) is 4.07. The number of benzene rings is 2. The van der Waals surface area contributed by atoms with E-state index in [-0.39, 0.29) is 23.5 Å². The maximum Gasteiger partial charge on any atom is 0.333 e. The summed E-state index contributed by atoms with van der Waals surface area (Å²) in [4.78, 5) is 24.5. The molecule has 0 fully saturated rings. The van der Waals surface area contributed by atoms with Crippen LogP contribution in [0.4, 0.5) is 5.69 Å². The number of carbonyl (C=O) groups excluding carboxylic acids is 1. The molecule has 0 aliphatic carbocycles. The molecule has 0 saturated carbocycles. The van der Waals surface area contributed by atoms with E-state index < -0.39 is 5.97 Å². The Morgan fingerprint density at radius 1 is 1.25 bits per heavy atom. The zero-order chi connectivity index (χ0) is 17.4. The number of para-hydroxylation sites is 2. The maximum atomic E-state index is 12.7. The van der Waals surface area contributed by atoms with E-state index >= 15 is 0 Å². The van der Waals surface area contributed by atoms with Gasteiger partial charge in [0, 0.05) is 13.5 Å². The highest BCUT2D eigenvalue weighted by Crippen LogP contribution is 2.33. The normalized spacial score (nSPS) is 11.0. The summed E-state index contributed by atoms with van der Waals surface area (Å²) in [6.07, 6.45) is 0.193. The van der Waals surface area contributed by atoms with E-state index in [1.807, 2.05) is 0 Å². The Morgan fingerprint density at radius 3 is 2.67 bits per heavy atom. The minimum absolute atomic E-state index is 0.152. The summed E-state index contributed by atoms with van der Waals surface area (Å²) >= 11 is 6.31. The fourth-order valence-electron chi connectivity index (χ4n) is 2.58. The predicted octanol–water partition coefficient (Wildman–Crippen LogP) is 2.88. The highest BCUT2D eigenvalue weighted by molar-refractivity contribution is 6.35. The molecule has 6 nitrogen and oxygen atoms in total. The zero-order valence-corrected chi connectivity index (χ0v) is 14.0. The number of carbonyl (C=O) groups is 1. The SMILES string of the molecule is CCC(=O)Oc1c(N)cccc1-n1c(=O)n(C)c2cccc(Cl)c21. The Hall–Kier alpha value is -2.73. The number of halogens is 1. The van der Waals surface area contributed by atoms with Gasteiger partial charge in [-0.05, 0) is 24.3 Å². The first-order valence-electron chi connectivity index (χ1n) is 7.41. The number of hydrogen-bond acceptors (Lipinski definition) is 4. The van der Waals surface area contributed by atoms with Gasteiger partial charge < -0.3 is 10.5 Å². The summed E-state index contributed by atoms with van der Waals surface area (Å²) in [6.45, 7) is 1.68. The molecule has 0 atom stereocenters. The molecule has 0 unspecified atom stereocenters. The van der Waals surface area contributed by atoms with Gasteiger partial charge in [0.15, 0.2) is 5.75 Å². The lowest BCUT2D eigenvalue weighted by Gasteiger charge is -2.13. The fraction of sp³-hybridized carbons (Fsp3) is 0.176. The summed E-state index contributed by atoms with van der Waals surface area (Å²) in [5.41, 5.74) is 7.51. The number of rotatable bonds is 3.